The van der Waals surface area contributed by atoms with E-state index < -0.39 is 12.1 Å². The summed E-state index contributed by atoms with van der Waals surface area (Å²) in [4.78, 5) is 8.73. The molecule has 7 nitrogen and oxygen atoms in total. The summed E-state index contributed by atoms with van der Waals surface area (Å²) in [6.07, 6.45) is 0.606. The molecule has 33 heavy (non-hydrogen) atoms. The van der Waals surface area contributed by atoms with Crippen molar-refractivity contribution in [3.8, 4) is 29.1 Å². The van der Waals surface area contributed by atoms with Crippen LogP contribution in [0.4, 0.5) is 11.5 Å². The van der Waals surface area contributed by atoms with Gasteiger partial charge in [-0.25, -0.2) is 9.97 Å². The number of aromatic nitrogens is 2. The zero-order valence-electron chi connectivity index (χ0n) is 18.3. The minimum atomic E-state index is -0.894. The van der Waals surface area contributed by atoms with Crippen LogP contribution in [0.25, 0.3) is 10.9 Å². The summed E-state index contributed by atoms with van der Waals surface area (Å²) in [5, 5.41) is 14.0. The predicted molar refractivity (Wildman–Crippen MR) is 129 cm³/mol. The summed E-state index contributed by atoms with van der Waals surface area (Å²) < 4.78 is 11.5. The fraction of sp³-hybridized carbons (Fsp3) is 0.154. The number of nitrogens with two attached hydrogens (primary N) is 1. The van der Waals surface area contributed by atoms with Crippen LogP contribution >= 0.6 is 0 Å². The topological polar surface area (TPSA) is 103 Å². The van der Waals surface area contributed by atoms with Crippen molar-refractivity contribution in [2.45, 2.75) is 19.1 Å². The molecule has 0 saturated heterocycles. The number of para-hydroxylation sites is 1. The summed E-state index contributed by atoms with van der Waals surface area (Å²) in [5.41, 5.74) is 7.94. The highest BCUT2D eigenvalue weighted by molar-refractivity contribution is 5.91. The Hall–Kier alpha value is -4.12. The molecule has 4 rings (SSSR count). The van der Waals surface area contributed by atoms with E-state index in [4.69, 9.17) is 15.2 Å². The molecular weight excluding hydrogens is 416 g/mol. The van der Waals surface area contributed by atoms with Gasteiger partial charge in [0.2, 0.25) is 0 Å². The molecule has 2 unspecified atom stereocenters. The standard InChI is InChI=1S/C26H24N4O3/c1-17(27)23(31)12-9-18-8-11-22-21(14-18)26(29-16-28-22)30-19-10-13-24(25(15-19)32-2)33-20-6-4-3-5-7-20/h3-8,10-11,13-17,23,31H,27H2,1-2H3,(H,28,29,30). The van der Waals surface area contributed by atoms with Gasteiger partial charge in [-0.1, -0.05) is 30.0 Å². The third kappa shape index (κ3) is 5.39. The summed E-state index contributed by atoms with van der Waals surface area (Å²) in [6.45, 7) is 1.71. The van der Waals surface area contributed by atoms with Crippen molar-refractivity contribution in [1.82, 2.24) is 9.97 Å². The van der Waals surface area contributed by atoms with Gasteiger partial charge in [-0.05, 0) is 49.4 Å². The Morgan fingerprint density at radius 1 is 1.00 bits per heavy atom. The highest BCUT2D eigenvalue weighted by atomic mass is 16.5. The molecular formula is C26H24N4O3. The molecule has 4 aromatic rings. The molecule has 0 amide bonds. The first kappa shape index (κ1) is 22.1. The molecule has 7 heteroatoms. The van der Waals surface area contributed by atoms with Crippen molar-refractivity contribution in [2.24, 2.45) is 5.73 Å². The number of anilines is 2. The van der Waals surface area contributed by atoms with Crippen LogP contribution in [0.5, 0.6) is 17.2 Å². The van der Waals surface area contributed by atoms with Crippen LogP contribution in [-0.4, -0.2) is 34.3 Å². The lowest BCUT2D eigenvalue weighted by Gasteiger charge is -2.13. The summed E-state index contributed by atoms with van der Waals surface area (Å²) in [5.74, 6) is 8.25. The molecule has 3 aromatic carbocycles. The molecule has 0 fully saturated rings. The van der Waals surface area contributed by atoms with E-state index in [0.29, 0.717) is 17.3 Å². The van der Waals surface area contributed by atoms with Crippen molar-refractivity contribution in [3.63, 3.8) is 0 Å². The summed E-state index contributed by atoms with van der Waals surface area (Å²) in [7, 11) is 1.60. The van der Waals surface area contributed by atoms with Crippen LogP contribution in [-0.2, 0) is 0 Å². The zero-order chi connectivity index (χ0) is 23.2. The van der Waals surface area contributed by atoms with Crippen LogP contribution in [0.2, 0.25) is 0 Å². The van der Waals surface area contributed by atoms with Crippen LogP contribution in [0.3, 0.4) is 0 Å². The Morgan fingerprint density at radius 3 is 2.58 bits per heavy atom. The van der Waals surface area contributed by atoms with Gasteiger partial charge >= 0.3 is 0 Å². The average Bonchev–Trinajstić information content (AvgIpc) is 2.84. The lowest BCUT2D eigenvalue weighted by Crippen LogP contribution is -2.29. The van der Waals surface area contributed by atoms with E-state index in [1.54, 1.807) is 14.0 Å². The molecule has 1 heterocycles. The second-order valence-corrected chi connectivity index (χ2v) is 7.43. The number of benzene rings is 3. The molecule has 0 aliphatic rings. The Bertz CT molecular complexity index is 1310. The number of aliphatic hydroxyl groups is 1. The number of nitrogens with zero attached hydrogens (tertiary/aromatic N) is 2. The van der Waals surface area contributed by atoms with Crippen molar-refractivity contribution >= 4 is 22.4 Å². The van der Waals surface area contributed by atoms with Gasteiger partial charge in [0.25, 0.3) is 0 Å². The molecule has 0 saturated carbocycles. The number of hydrogen-bond acceptors (Lipinski definition) is 7. The summed E-state index contributed by atoms with van der Waals surface area (Å²) in [6, 6.07) is 20.2. The lowest BCUT2D eigenvalue weighted by atomic mass is 10.1. The van der Waals surface area contributed by atoms with Crippen molar-refractivity contribution < 1.29 is 14.6 Å². The van der Waals surface area contributed by atoms with Gasteiger partial charge in [-0.3, -0.25) is 0 Å². The maximum atomic E-state index is 9.86. The smallest absolute Gasteiger partial charge is 0.169 e. The van der Waals surface area contributed by atoms with Gasteiger partial charge in [-0.15, -0.1) is 0 Å². The van der Waals surface area contributed by atoms with Crippen LogP contribution < -0.4 is 20.5 Å². The first-order valence-corrected chi connectivity index (χ1v) is 10.4. The molecule has 2 atom stereocenters. The lowest BCUT2D eigenvalue weighted by molar-refractivity contribution is 0.207. The van der Waals surface area contributed by atoms with Crippen molar-refractivity contribution in [1.29, 1.82) is 0 Å². The Labute approximate surface area is 192 Å². The maximum Gasteiger partial charge on any atom is 0.169 e. The number of ether oxygens (including phenoxy) is 2. The van der Waals surface area contributed by atoms with Gasteiger partial charge in [-0.2, -0.15) is 0 Å². The van der Waals surface area contributed by atoms with Crippen molar-refractivity contribution in [2.75, 3.05) is 12.4 Å². The quantitative estimate of drug-likeness (QED) is 0.386. The fourth-order valence-corrected chi connectivity index (χ4v) is 3.10. The van der Waals surface area contributed by atoms with Gasteiger partial charge in [0.1, 0.15) is 24.0 Å². The fourth-order valence-electron chi connectivity index (χ4n) is 3.10. The first-order chi connectivity index (χ1) is 16.0. The molecule has 166 valence electrons. The molecule has 0 bridgehead atoms. The van der Waals surface area contributed by atoms with Gasteiger partial charge in [0.05, 0.1) is 12.6 Å². The molecule has 0 radical (unpaired) electrons. The van der Waals surface area contributed by atoms with E-state index in [1.165, 1.54) is 6.33 Å². The number of aliphatic hydroxyl groups excluding tert-OH is 1. The Balaban J connectivity index is 1.62. The molecule has 1 aromatic heterocycles. The van der Waals surface area contributed by atoms with E-state index >= 15 is 0 Å². The highest BCUT2D eigenvalue weighted by Crippen LogP contribution is 2.35. The van der Waals surface area contributed by atoms with Gasteiger partial charge in [0.15, 0.2) is 11.5 Å². The number of fused-ring (bicyclic) bond motifs is 1. The Kier molecular flexibility index (Phi) is 6.69. The highest BCUT2D eigenvalue weighted by Gasteiger charge is 2.10. The van der Waals surface area contributed by atoms with Crippen molar-refractivity contribution in [3.05, 3.63) is 78.6 Å². The van der Waals surface area contributed by atoms with Gasteiger partial charge < -0.3 is 25.6 Å². The van der Waals surface area contributed by atoms with E-state index in [2.05, 4.69) is 27.1 Å². The largest absolute Gasteiger partial charge is 0.493 e. The van der Waals surface area contributed by atoms with Crippen LogP contribution in [0.15, 0.2) is 73.1 Å². The Morgan fingerprint density at radius 2 is 1.82 bits per heavy atom. The summed E-state index contributed by atoms with van der Waals surface area (Å²) >= 11 is 0. The third-order valence-corrected chi connectivity index (χ3v) is 4.90. The second-order valence-electron chi connectivity index (χ2n) is 7.43. The van der Waals surface area contributed by atoms with E-state index in [9.17, 15) is 5.11 Å². The number of hydrogen-bond donors (Lipinski definition) is 3. The number of methoxy groups -OCH3 is 1. The third-order valence-electron chi connectivity index (χ3n) is 4.90. The average molecular weight is 441 g/mol. The second kappa shape index (κ2) is 10.0. The first-order valence-electron chi connectivity index (χ1n) is 10.4. The van der Waals surface area contributed by atoms with Crippen LogP contribution in [0.1, 0.15) is 12.5 Å². The minimum absolute atomic E-state index is 0.428. The monoisotopic (exact) mass is 440 g/mol. The zero-order valence-corrected chi connectivity index (χ0v) is 18.3. The number of rotatable bonds is 6. The molecule has 0 spiro atoms. The van der Waals surface area contributed by atoms with E-state index in [1.807, 2.05) is 66.7 Å². The van der Waals surface area contributed by atoms with E-state index in [0.717, 1.165) is 27.9 Å². The molecule has 0 aliphatic carbocycles. The SMILES string of the molecule is COc1cc(Nc2ncnc3ccc(C#CC(O)C(C)N)cc23)ccc1Oc1ccccc1. The normalized spacial score (nSPS) is 12.4. The molecule has 4 N–H and O–H groups in total. The predicted octanol–water partition coefficient (Wildman–Crippen LogP) is 4.23. The van der Waals surface area contributed by atoms with Crippen LogP contribution in [0, 0.1) is 11.8 Å². The number of nitrogens with one attached hydrogen (secondary N) is 1. The molecule has 0 aliphatic heterocycles. The van der Waals surface area contributed by atoms with E-state index in [-0.39, 0.29) is 0 Å². The maximum absolute atomic E-state index is 9.86. The van der Waals surface area contributed by atoms with Gasteiger partial charge in [0, 0.05) is 28.7 Å². The minimum Gasteiger partial charge on any atom is -0.493 e.